The Bertz CT molecular complexity index is 1590. The van der Waals surface area contributed by atoms with Crippen LogP contribution in [0.2, 0.25) is 0 Å². The minimum atomic E-state index is -0.786. The van der Waals surface area contributed by atoms with Gasteiger partial charge in [0.1, 0.15) is 13.2 Å². The molecule has 0 spiro atoms. The van der Waals surface area contributed by atoms with Crippen LogP contribution in [0.15, 0.2) is 97.2 Å². The maximum Gasteiger partial charge on any atom is 0.306 e. The van der Waals surface area contributed by atoms with Crippen LogP contribution < -0.4 is 0 Å². The van der Waals surface area contributed by atoms with Crippen molar-refractivity contribution in [2.75, 3.05) is 13.2 Å². The molecule has 0 saturated heterocycles. The van der Waals surface area contributed by atoms with Gasteiger partial charge in [-0.15, -0.1) is 0 Å². The Labute approximate surface area is 508 Å². The van der Waals surface area contributed by atoms with Gasteiger partial charge in [0.25, 0.3) is 0 Å². The fraction of sp³-hybridized carbons (Fsp3) is 0.750. The van der Waals surface area contributed by atoms with Crippen molar-refractivity contribution in [2.24, 2.45) is 0 Å². The summed E-state index contributed by atoms with van der Waals surface area (Å²) in [7, 11) is 0. The Morgan fingerprint density at radius 3 is 0.780 bits per heavy atom. The quantitative estimate of drug-likeness (QED) is 0.0261. The van der Waals surface area contributed by atoms with Crippen LogP contribution in [0.3, 0.4) is 0 Å². The van der Waals surface area contributed by atoms with Crippen molar-refractivity contribution in [3.05, 3.63) is 97.2 Å². The molecule has 0 N–H and O–H groups in total. The predicted octanol–water partition coefficient (Wildman–Crippen LogP) is 24.4. The molecule has 0 aromatic rings. The number of esters is 3. The van der Waals surface area contributed by atoms with Gasteiger partial charge in [-0.05, 0) is 122 Å². The molecule has 0 amide bonds. The van der Waals surface area contributed by atoms with Gasteiger partial charge < -0.3 is 14.2 Å². The summed E-state index contributed by atoms with van der Waals surface area (Å²) in [4.78, 5) is 38.4. The van der Waals surface area contributed by atoms with Gasteiger partial charge in [0.15, 0.2) is 6.10 Å². The average Bonchev–Trinajstić information content (AvgIpc) is 3.47. The van der Waals surface area contributed by atoms with Crippen LogP contribution in [0.25, 0.3) is 0 Å². The minimum absolute atomic E-state index is 0.0811. The highest BCUT2D eigenvalue weighted by Crippen LogP contribution is 2.17. The Hall–Kier alpha value is -3.67. The molecule has 0 bridgehead atoms. The first-order valence-corrected chi connectivity index (χ1v) is 35.2. The molecule has 6 heteroatoms. The monoisotopic (exact) mass is 1140 g/mol. The van der Waals surface area contributed by atoms with Gasteiger partial charge in [-0.3, -0.25) is 14.4 Å². The highest BCUT2D eigenvalue weighted by atomic mass is 16.6. The molecular weight excluding hydrogens is 1010 g/mol. The first-order valence-electron chi connectivity index (χ1n) is 35.2. The Kier molecular flexibility index (Phi) is 66.7. The zero-order valence-corrected chi connectivity index (χ0v) is 54.2. The van der Waals surface area contributed by atoms with Crippen LogP contribution in [0.4, 0.5) is 0 Å². The third-order valence-electron chi connectivity index (χ3n) is 15.3. The van der Waals surface area contributed by atoms with E-state index in [0.717, 1.165) is 109 Å². The molecule has 0 saturated carbocycles. The Morgan fingerprint density at radius 1 is 0.256 bits per heavy atom. The molecule has 0 radical (unpaired) electrons. The van der Waals surface area contributed by atoms with Crippen molar-refractivity contribution < 1.29 is 28.6 Å². The molecule has 472 valence electrons. The van der Waals surface area contributed by atoms with Crippen molar-refractivity contribution in [3.8, 4) is 0 Å². The molecule has 82 heavy (non-hydrogen) atoms. The van der Waals surface area contributed by atoms with Crippen molar-refractivity contribution in [1.82, 2.24) is 0 Å². The standard InChI is InChI=1S/C76H132O6/c1-4-7-10-13-16-19-22-25-28-30-32-33-34-35-36-37-38-39-40-41-42-43-44-46-48-51-54-57-60-63-66-69-75(78)81-72-73(71-80-74(77)68-65-62-59-56-53-50-47-27-24-21-18-15-12-9-6-3)82-76(79)70-67-64-61-58-55-52-49-45-31-29-26-23-20-17-14-11-8-5-2/h7,10,16,18-19,21,25,27-29,31-33,35-36,47,73H,4-6,8-9,11-15,17,20,22-24,26,30,34,37-46,48-72H2,1-3H3/b10-7-,19-16-,21-18-,28-25-,31-29-,33-32-,36-35-,47-27-. The summed E-state index contributed by atoms with van der Waals surface area (Å²) in [5, 5.41) is 0. The Balaban J connectivity index is 4.26. The number of ether oxygens (including phenoxy) is 3. The van der Waals surface area contributed by atoms with Gasteiger partial charge >= 0.3 is 17.9 Å². The smallest absolute Gasteiger partial charge is 0.306 e. The summed E-state index contributed by atoms with van der Waals surface area (Å²) in [6, 6.07) is 0. The molecule has 0 aliphatic carbocycles. The molecule has 0 aromatic heterocycles. The zero-order valence-electron chi connectivity index (χ0n) is 54.2. The van der Waals surface area contributed by atoms with Gasteiger partial charge in [-0.2, -0.15) is 0 Å². The van der Waals surface area contributed by atoms with Crippen LogP contribution in [-0.4, -0.2) is 37.2 Å². The largest absolute Gasteiger partial charge is 0.462 e. The Morgan fingerprint density at radius 2 is 0.476 bits per heavy atom. The topological polar surface area (TPSA) is 78.9 Å². The molecule has 0 rings (SSSR count). The van der Waals surface area contributed by atoms with Crippen LogP contribution in [0.1, 0.15) is 348 Å². The molecule has 0 aliphatic rings. The summed E-state index contributed by atoms with van der Waals surface area (Å²) in [6.45, 7) is 6.52. The number of carbonyl (C=O) groups is 3. The second-order valence-corrected chi connectivity index (χ2v) is 23.4. The van der Waals surface area contributed by atoms with E-state index in [4.69, 9.17) is 14.2 Å². The van der Waals surface area contributed by atoms with Gasteiger partial charge in [0.2, 0.25) is 0 Å². The lowest BCUT2D eigenvalue weighted by Crippen LogP contribution is -2.30. The fourth-order valence-electron chi connectivity index (χ4n) is 10.0. The maximum absolute atomic E-state index is 12.9. The number of carbonyl (C=O) groups excluding carboxylic acids is 3. The summed E-state index contributed by atoms with van der Waals surface area (Å²) in [6.07, 6.45) is 94.3. The molecule has 0 heterocycles. The average molecular weight is 1140 g/mol. The lowest BCUT2D eigenvalue weighted by atomic mass is 10.0. The maximum atomic E-state index is 12.9. The van der Waals surface area contributed by atoms with E-state index in [1.807, 2.05) is 0 Å². The highest BCUT2D eigenvalue weighted by molar-refractivity contribution is 5.71. The summed E-state index contributed by atoms with van der Waals surface area (Å²) in [5.41, 5.74) is 0. The van der Waals surface area contributed by atoms with Crippen molar-refractivity contribution in [1.29, 1.82) is 0 Å². The lowest BCUT2D eigenvalue weighted by molar-refractivity contribution is -0.167. The molecule has 1 atom stereocenters. The third-order valence-corrected chi connectivity index (χ3v) is 15.3. The molecule has 1 unspecified atom stereocenters. The van der Waals surface area contributed by atoms with E-state index < -0.39 is 6.10 Å². The van der Waals surface area contributed by atoms with E-state index in [2.05, 4.69) is 118 Å². The van der Waals surface area contributed by atoms with Crippen LogP contribution >= 0.6 is 0 Å². The SMILES string of the molecule is CC/C=C\C/C=C\C/C=C\C/C=C\C/C=C\CCCCCCCCCCCCCCCCCC(=O)OCC(COC(=O)CCCCCCC/C=C\C/C=C\CCCCC)OC(=O)CCCCCCCCC/C=C\CCCCCCCCC. The number of allylic oxidation sites excluding steroid dienone is 16. The van der Waals surface area contributed by atoms with Gasteiger partial charge in [-0.1, -0.05) is 304 Å². The van der Waals surface area contributed by atoms with Crippen LogP contribution in [0, 0.1) is 0 Å². The van der Waals surface area contributed by atoms with E-state index in [1.165, 1.54) is 199 Å². The van der Waals surface area contributed by atoms with Crippen molar-refractivity contribution >= 4 is 17.9 Å². The summed E-state index contributed by atoms with van der Waals surface area (Å²) in [5.74, 6) is -0.884. The van der Waals surface area contributed by atoms with Gasteiger partial charge in [0, 0.05) is 19.3 Å². The first-order chi connectivity index (χ1) is 40.5. The molecule has 6 nitrogen and oxygen atoms in total. The molecule has 0 aliphatic heterocycles. The fourth-order valence-corrected chi connectivity index (χ4v) is 10.0. The van der Waals surface area contributed by atoms with Crippen LogP contribution in [0.5, 0.6) is 0 Å². The third kappa shape index (κ3) is 67.1. The number of unbranched alkanes of at least 4 members (excludes halogenated alkanes) is 37. The van der Waals surface area contributed by atoms with E-state index >= 15 is 0 Å². The van der Waals surface area contributed by atoms with E-state index in [0.29, 0.717) is 19.3 Å². The van der Waals surface area contributed by atoms with Crippen molar-refractivity contribution in [2.45, 2.75) is 354 Å². The minimum Gasteiger partial charge on any atom is -0.462 e. The summed E-state index contributed by atoms with van der Waals surface area (Å²) >= 11 is 0. The van der Waals surface area contributed by atoms with E-state index in [1.54, 1.807) is 0 Å². The number of hydrogen-bond donors (Lipinski definition) is 0. The van der Waals surface area contributed by atoms with E-state index in [9.17, 15) is 14.4 Å². The van der Waals surface area contributed by atoms with Crippen molar-refractivity contribution in [3.63, 3.8) is 0 Å². The normalized spacial score (nSPS) is 12.7. The first kappa shape index (κ1) is 78.3. The van der Waals surface area contributed by atoms with Crippen LogP contribution in [-0.2, 0) is 28.6 Å². The molecule has 0 aromatic carbocycles. The lowest BCUT2D eigenvalue weighted by Gasteiger charge is -2.18. The zero-order chi connectivity index (χ0) is 59.2. The van der Waals surface area contributed by atoms with E-state index in [-0.39, 0.29) is 31.1 Å². The predicted molar refractivity (Wildman–Crippen MR) is 357 cm³/mol. The van der Waals surface area contributed by atoms with Gasteiger partial charge in [0.05, 0.1) is 0 Å². The molecular formula is C76H132O6. The number of hydrogen-bond acceptors (Lipinski definition) is 6. The summed E-state index contributed by atoms with van der Waals surface area (Å²) < 4.78 is 17.0. The van der Waals surface area contributed by atoms with Gasteiger partial charge in [-0.25, -0.2) is 0 Å². The molecule has 0 fully saturated rings. The number of rotatable bonds is 64. The second-order valence-electron chi connectivity index (χ2n) is 23.4. The highest BCUT2D eigenvalue weighted by Gasteiger charge is 2.19. The second kappa shape index (κ2) is 69.8.